The van der Waals surface area contributed by atoms with Crippen LogP contribution in [0.1, 0.15) is 79.2 Å². The van der Waals surface area contributed by atoms with E-state index in [1.165, 1.54) is 0 Å². The summed E-state index contributed by atoms with van der Waals surface area (Å²) in [6.45, 7) is 15.7. The van der Waals surface area contributed by atoms with Crippen molar-refractivity contribution < 1.29 is 34.0 Å². The number of aryl methyl sites for hydroxylation is 2. The SMILES string of the molecule is COc1ccc(C(OCC(CC(COC(O)Nc2cc(C)cc(C)c2)OC(C)C)C(C)C(C)C)(c2ccccc2)c2ccccc2)cc1.O=C(O)c1ccccc1. The summed E-state index contributed by atoms with van der Waals surface area (Å²) in [5.41, 5.74) is 5.65. The number of rotatable bonds is 19. The first-order chi connectivity index (χ1) is 27.3. The average Bonchev–Trinajstić information content (AvgIpc) is 3.20. The average molecular weight is 776 g/mol. The van der Waals surface area contributed by atoms with Gasteiger partial charge in [-0.05, 0) is 116 Å². The molecule has 5 aromatic carbocycles. The molecule has 0 spiro atoms. The predicted octanol–water partition coefficient (Wildman–Crippen LogP) is 10.5. The molecule has 5 rings (SSSR count). The summed E-state index contributed by atoms with van der Waals surface area (Å²) in [5.74, 6) is 0.784. The maximum atomic E-state index is 10.8. The first-order valence-electron chi connectivity index (χ1n) is 19.8. The van der Waals surface area contributed by atoms with Gasteiger partial charge in [-0.15, -0.1) is 0 Å². The van der Waals surface area contributed by atoms with E-state index < -0.39 is 18.0 Å². The lowest BCUT2D eigenvalue weighted by molar-refractivity contribution is -0.133. The third kappa shape index (κ3) is 13.3. The van der Waals surface area contributed by atoms with Crippen LogP contribution in [0.3, 0.4) is 0 Å². The molecule has 8 nitrogen and oxygen atoms in total. The Morgan fingerprint density at radius 1 is 0.702 bits per heavy atom. The number of hydrogen-bond acceptors (Lipinski definition) is 7. The first-order valence-corrected chi connectivity index (χ1v) is 19.8. The quantitative estimate of drug-likeness (QED) is 0.0562. The van der Waals surface area contributed by atoms with Gasteiger partial charge in [-0.2, -0.15) is 0 Å². The van der Waals surface area contributed by atoms with E-state index in [0.717, 1.165) is 39.3 Å². The van der Waals surface area contributed by atoms with Crippen LogP contribution in [0.2, 0.25) is 0 Å². The summed E-state index contributed by atoms with van der Waals surface area (Å²) in [7, 11) is 1.68. The highest BCUT2D eigenvalue weighted by molar-refractivity contribution is 5.87. The second-order valence-corrected chi connectivity index (χ2v) is 15.2. The molecule has 8 heteroatoms. The molecule has 4 unspecified atom stereocenters. The van der Waals surface area contributed by atoms with Crippen LogP contribution in [0.15, 0.2) is 133 Å². The Labute approximate surface area is 339 Å². The molecule has 3 N–H and O–H groups in total. The number of aliphatic hydroxyl groups is 1. The van der Waals surface area contributed by atoms with E-state index in [1.54, 1.807) is 37.4 Å². The second-order valence-electron chi connectivity index (χ2n) is 15.2. The van der Waals surface area contributed by atoms with Gasteiger partial charge in [0, 0.05) is 5.69 Å². The van der Waals surface area contributed by atoms with E-state index in [9.17, 15) is 9.90 Å². The van der Waals surface area contributed by atoms with Gasteiger partial charge < -0.3 is 34.5 Å². The van der Waals surface area contributed by atoms with Crippen LogP contribution < -0.4 is 10.1 Å². The minimum Gasteiger partial charge on any atom is -0.497 e. The minimum atomic E-state index is -1.17. The molecule has 0 saturated heterocycles. The molecule has 0 saturated carbocycles. The van der Waals surface area contributed by atoms with Gasteiger partial charge in [-0.3, -0.25) is 0 Å². The lowest BCUT2D eigenvalue weighted by atomic mass is 9.78. The maximum Gasteiger partial charge on any atom is 0.335 e. The Morgan fingerprint density at radius 2 is 1.21 bits per heavy atom. The Kier molecular flexibility index (Phi) is 17.3. The number of hydrogen-bond donors (Lipinski definition) is 3. The van der Waals surface area contributed by atoms with Gasteiger partial charge in [0.2, 0.25) is 6.41 Å². The Balaban J connectivity index is 0.000000702. The van der Waals surface area contributed by atoms with E-state index in [1.807, 2.05) is 64.1 Å². The summed E-state index contributed by atoms with van der Waals surface area (Å²) >= 11 is 0. The maximum absolute atomic E-state index is 10.8. The van der Waals surface area contributed by atoms with E-state index in [4.69, 9.17) is 24.1 Å². The highest BCUT2D eigenvalue weighted by atomic mass is 16.6. The van der Waals surface area contributed by atoms with Gasteiger partial charge in [0.25, 0.3) is 0 Å². The van der Waals surface area contributed by atoms with E-state index in [2.05, 4.69) is 92.8 Å². The largest absolute Gasteiger partial charge is 0.497 e. The normalized spacial score (nSPS) is 13.6. The molecule has 0 aliphatic heterocycles. The van der Waals surface area contributed by atoms with Crippen molar-refractivity contribution in [3.8, 4) is 5.75 Å². The van der Waals surface area contributed by atoms with Crippen LogP contribution in [0.25, 0.3) is 0 Å². The second kappa shape index (κ2) is 22.1. The number of nitrogens with one attached hydrogen (secondary N) is 1. The third-order valence-corrected chi connectivity index (χ3v) is 10.2. The first kappa shape index (κ1) is 44.7. The zero-order valence-corrected chi connectivity index (χ0v) is 34.7. The van der Waals surface area contributed by atoms with Crippen molar-refractivity contribution in [1.82, 2.24) is 0 Å². The number of methoxy groups -OCH3 is 1. The lowest BCUT2D eigenvalue weighted by Gasteiger charge is -2.39. The van der Waals surface area contributed by atoms with Crippen LogP contribution in [0, 0.1) is 31.6 Å². The van der Waals surface area contributed by atoms with E-state index in [-0.39, 0.29) is 24.7 Å². The molecule has 57 heavy (non-hydrogen) atoms. The fraction of sp³-hybridized carbons (Fsp3) is 0.367. The minimum absolute atomic E-state index is 0.00826. The van der Waals surface area contributed by atoms with Gasteiger partial charge in [0.1, 0.15) is 11.4 Å². The van der Waals surface area contributed by atoms with Crippen LogP contribution in [0.4, 0.5) is 5.69 Å². The van der Waals surface area contributed by atoms with E-state index in [0.29, 0.717) is 30.4 Å². The van der Waals surface area contributed by atoms with Gasteiger partial charge in [-0.1, -0.05) is 118 Å². The van der Waals surface area contributed by atoms with E-state index >= 15 is 0 Å². The van der Waals surface area contributed by atoms with Crippen molar-refractivity contribution in [2.75, 3.05) is 25.6 Å². The summed E-state index contributed by atoms with van der Waals surface area (Å²) in [6, 6.07) is 43.5. The lowest BCUT2D eigenvalue weighted by Crippen LogP contribution is -2.38. The molecule has 0 aliphatic carbocycles. The standard InChI is InChI=1S/C42H55NO5.C7H6O2/c1-29(2)33(7)34(26-40(48-30(3)4)28-46-41(44)43-38-24-31(5)23-32(6)25-38)27-47-42(35-15-11-9-12-16-35,36-17-13-10-14-18-36)37-19-21-39(45-8)22-20-37;8-7(9)6-4-2-1-3-5-6/h9-25,29-30,33-34,40-41,43-44H,26-28H2,1-8H3;1-5H,(H,8,9). The Morgan fingerprint density at radius 3 is 1.67 bits per heavy atom. The van der Waals surface area contributed by atoms with Crippen LogP contribution in [-0.2, 0) is 19.8 Å². The highest BCUT2D eigenvalue weighted by Gasteiger charge is 2.39. The van der Waals surface area contributed by atoms with Crippen LogP contribution >= 0.6 is 0 Å². The molecule has 4 atom stereocenters. The highest BCUT2D eigenvalue weighted by Crippen LogP contribution is 2.42. The van der Waals surface area contributed by atoms with Gasteiger partial charge in [-0.25, -0.2) is 4.79 Å². The van der Waals surface area contributed by atoms with Gasteiger partial charge >= 0.3 is 5.97 Å². The number of carboxylic acids is 1. The molecular weight excluding hydrogens is 715 g/mol. The fourth-order valence-electron chi connectivity index (χ4n) is 7.04. The van der Waals surface area contributed by atoms with Crippen molar-refractivity contribution in [2.24, 2.45) is 17.8 Å². The molecule has 0 aromatic heterocycles. The number of carbonyl (C=O) groups is 1. The number of anilines is 1. The van der Waals surface area contributed by atoms with Crippen LogP contribution in [0.5, 0.6) is 5.75 Å². The summed E-state index contributed by atoms with van der Waals surface area (Å²) < 4.78 is 25.2. The molecular formula is C49H61NO7. The molecule has 0 aliphatic rings. The van der Waals surface area contributed by atoms with Crippen molar-refractivity contribution in [1.29, 1.82) is 0 Å². The van der Waals surface area contributed by atoms with Crippen molar-refractivity contribution in [2.45, 2.75) is 79.1 Å². The number of carboxylic acid groups (broad SMARTS) is 1. The molecule has 5 aromatic rings. The third-order valence-electron chi connectivity index (χ3n) is 10.2. The number of aromatic carboxylic acids is 1. The molecule has 304 valence electrons. The number of ether oxygens (including phenoxy) is 4. The number of aliphatic hydroxyl groups excluding tert-OH is 1. The predicted molar refractivity (Wildman–Crippen MR) is 229 cm³/mol. The molecule has 0 bridgehead atoms. The zero-order valence-electron chi connectivity index (χ0n) is 34.7. The summed E-state index contributed by atoms with van der Waals surface area (Å²) in [4.78, 5) is 10.2. The van der Waals surface area contributed by atoms with Gasteiger partial charge in [0.15, 0.2) is 0 Å². The summed E-state index contributed by atoms with van der Waals surface area (Å²) in [5, 5.41) is 22.3. The number of benzene rings is 5. The monoisotopic (exact) mass is 775 g/mol. The molecule has 0 heterocycles. The van der Waals surface area contributed by atoms with Crippen LogP contribution in [-0.4, -0.2) is 55.1 Å². The smallest absolute Gasteiger partial charge is 0.335 e. The molecule has 0 fully saturated rings. The molecule has 0 amide bonds. The van der Waals surface area contributed by atoms with Crippen molar-refractivity contribution in [3.63, 3.8) is 0 Å². The fourth-order valence-corrected chi connectivity index (χ4v) is 7.04. The zero-order chi connectivity index (χ0) is 41.4. The van der Waals surface area contributed by atoms with Crippen molar-refractivity contribution in [3.05, 3.63) is 167 Å². The van der Waals surface area contributed by atoms with Gasteiger partial charge in [0.05, 0.1) is 38.1 Å². The Bertz CT molecular complexity index is 1840. The Hall–Kier alpha value is -4.99. The topological polar surface area (TPSA) is 106 Å². The summed E-state index contributed by atoms with van der Waals surface area (Å²) in [6.07, 6.45) is -0.721. The molecule has 0 radical (unpaired) electrons. The van der Waals surface area contributed by atoms with Crippen molar-refractivity contribution >= 4 is 11.7 Å².